The average molecular weight is 188 g/mol. The largest absolute Gasteiger partial charge is 0.381 e. The van der Waals surface area contributed by atoms with Crippen molar-refractivity contribution in [2.45, 2.75) is 19.4 Å². The normalized spacial score (nSPS) is 24.3. The molecule has 0 saturated carbocycles. The van der Waals surface area contributed by atoms with E-state index >= 15 is 0 Å². The van der Waals surface area contributed by atoms with E-state index in [2.05, 4.69) is 0 Å². The minimum absolute atomic E-state index is 0.293. The number of rotatable bonds is 4. The third-order valence-electron chi connectivity index (χ3n) is 2.12. The van der Waals surface area contributed by atoms with Gasteiger partial charge in [-0.25, -0.2) is 5.84 Å². The van der Waals surface area contributed by atoms with Gasteiger partial charge >= 0.3 is 0 Å². The fourth-order valence-corrected chi connectivity index (χ4v) is 1.19. The van der Waals surface area contributed by atoms with E-state index < -0.39 is 6.10 Å². The van der Waals surface area contributed by atoms with E-state index in [0.29, 0.717) is 12.5 Å². The number of hydrogen-bond acceptors (Lipinski definition) is 4. The molecule has 0 aliphatic carbocycles. The Morgan fingerprint density at radius 2 is 2.62 bits per heavy atom. The third kappa shape index (κ3) is 3.30. The maximum Gasteiger partial charge on any atom is 0.262 e. The fraction of sp³-hybridized carbons (Fsp3) is 0.875. The van der Waals surface area contributed by atoms with Gasteiger partial charge in [0.15, 0.2) is 0 Å². The SMILES string of the molecule is CC(OCC1CCOC1)C(=O)NN. The molecule has 0 aromatic carbocycles. The maximum absolute atomic E-state index is 10.9. The number of carbonyl (C=O) groups is 1. The van der Waals surface area contributed by atoms with Crippen LogP contribution in [0.3, 0.4) is 0 Å². The summed E-state index contributed by atoms with van der Waals surface area (Å²) in [5.74, 6) is 5.08. The van der Waals surface area contributed by atoms with Crippen molar-refractivity contribution in [3.8, 4) is 0 Å². The zero-order valence-electron chi connectivity index (χ0n) is 7.79. The van der Waals surface area contributed by atoms with Gasteiger partial charge in [-0.15, -0.1) is 0 Å². The lowest BCUT2D eigenvalue weighted by atomic mass is 10.1. The molecule has 1 heterocycles. The molecule has 2 unspecified atom stereocenters. The zero-order valence-corrected chi connectivity index (χ0v) is 7.79. The van der Waals surface area contributed by atoms with E-state index in [1.807, 2.05) is 5.43 Å². The molecule has 0 spiro atoms. The highest BCUT2D eigenvalue weighted by atomic mass is 16.5. The molecule has 1 fully saturated rings. The molecule has 1 amide bonds. The molecule has 0 aromatic rings. The van der Waals surface area contributed by atoms with Crippen molar-refractivity contribution in [2.24, 2.45) is 11.8 Å². The van der Waals surface area contributed by atoms with E-state index in [-0.39, 0.29) is 5.91 Å². The molecule has 1 aliphatic heterocycles. The number of nitrogens with two attached hydrogens (primary N) is 1. The molecule has 1 rings (SSSR count). The number of carbonyl (C=O) groups excluding carboxylic acids is 1. The Hall–Kier alpha value is -0.650. The second-order valence-corrected chi connectivity index (χ2v) is 3.21. The predicted octanol–water partition coefficient (Wildman–Crippen LogP) is -0.582. The van der Waals surface area contributed by atoms with Crippen molar-refractivity contribution in [2.75, 3.05) is 19.8 Å². The van der Waals surface area contributed by atoms with E-state index in [4.69, 9.17) is 15.3 Å². The van der Waals surface area contributed by atoms with Gasteiger partial charge in [0, 0.05) is 12.5 Å². The van der Waals surface area contributed by atoms with Gasteiger partial charge in [-0.1, -0.05) is 0 Å². The summed E-state index contributed by atoms with van der Waals surface area (Å²) < 4.78 is 10.5. The summed E-state index contributed by atoms with van der Waals surface area (Å²) in [4.78, 5) is 10.9. The highest BCUT2D eigenvalue weighted by Crippen LogP contribution is 2.12. The van der Waals surface area contributed by atoms with E-state index in [0.717, 1.165) is 19.6 Å². The molecular weight excluding hydrogens is 172 g/mol. The van der Waals surface area contributed by atoms with Gasteiger partial charge in [-0.05, 0) is 13.3 Å². The molecule has 5 heteroatoms. The zero-order chi connectivity index (χ0) is 9.68. The second-order valence-electron chi connectivity index (χ2n) is 3.21. The Kier molecular flexibility index (Phi) is 4.14. The minimum atomic E-state index is -0.481. The molecule has 0 bridgehead atoms. The van der Waals surface area contributed by atoms with Gasteiger partial charge < -0.3 is 9.47 Å². The first-order chi connectivity index (χ1) is 6.24. The van der Waals surface area contributed by atoms with Crippen LogP contribution in [0.25, 0.3) is 0 Å². The Balaban J connectivity index is 2.13. The Bertz CT molecular complexity index is 169. The monoisotopic (exact) mass is 188 g/mol. The average Bonchev–Trinajstić information content (AvgIpc) is 2.65. The Morgan fingerprint density at radius 3 is 3.15 bits per heavy atom. The maximum atomic E-state index is 10.9. The van der Waals surface area contributed by atoms with Crippen molar-refractivity contribution in [3.63, 3.8) is 0 Å². The van der Waals surface area contributed by atoms with Crippen LogP contribution in [0, 0.1) is 5.92 Å². The van der Waals surface area contributed by atoms with Gasteiger partial charge in [0.2, 0.25) is 0 Å². The predicted molar refractivity (Wildman–Crippen MR) is 46.7 cm³/mol. The van der Waals surface area contributed by atoms with Gasteiger partial charge in [0.1, 0.15) is 6.10 Å². The molecule has 0 aromatic heterocycles. The van der Waals surface area contributed by atoms with E-state index in [1.165, 1.54) is 0 Å². The lowest BCUT2D eigenvalue weighted by Crippen LogP contribution is -2.39. The third-order valence-corrected chi connectivity index (χ3v) is 2.12. The summed E-state index contributed by atoms with van der Waals surface area (Å²) in [5.41, 5.74) is 2.04. The molecule has 13 heavy (non-hydrogen) atoms. The number of nitrogens with one attached hydrogen (secondary N) is 1. The van der Waals surface area contributed by atoms with Crippen molar-refractivity contribution >= 4 is 5.91 Å². The summed E-state index contributed by atoms with van der Waals surface area (Å²) in [6.07, 6.45) is 0.530. The van der Waals surface area contributed by atoms with Crippen molar-refractivity contribution in [1.29, 1.82) is 0 Å². The number of amides is 1. The molecular formula is C8H16N2O3. The minimum Gasteiger partial charge on any atom is -0.381 e. The van der Waals surface area contributed by atoms with Crippen LogP contribution in [-0.2, 0) is 14.3 Å². The lowest BCUT2D eigenvalue weighted by Gasteiger charge is -2.13. The lowest BCUT2D eigenvalue weighted by molar-refractivity contribution is -0.132. The summed E-state index contributed by atoms with van der Waals surface area (Å²) >= 11 is 0. The summed E-state index contributed by atoms with van der Waals surface area (Å²) in [7, 11) is 0. The van der Waals surface area contributed by atoms with Crippen LogP contribution in [0.2, 0.25) is 0 Å². The van der Waals surface area contributed by atoms with Gasteiger partial charge in [-0.3, -0.25) is 10.2 Å². The Labute approximate surface area is 77.5 Å². The number of hydrazine groups is 1. The van der Waals surface area contributed by atoms with Crippen LogP contribution in [-0.4, -0.2) is 31.8 Å². The summed E-state index contributed by atoms with van der Waals surface area (Å²) in [6, 6.07) is 0. The van der Waals surface area contributed by atoms with Crippen LogP contribution in [0.4, 0.5) is 0 Å². The van der Waals surface area contributed by atoms with Crippen LogP contribution < -0.4 is 11.3 Å². The first kappa shape index (κ1) is 10.4. The van der Waals surface area contributed by atoms with Crippen molar-refractivity contribution in [3.05, 3.63) is 0 Å². The van der Waals surface area contributed by atoms with Crippen LogP contribution in [0.15, 0.2) is 0 Å². The summed E-state index contributed by atoms with van der Waals surface area (Å²) in [6.45, 7) is 3.77. The first-order valence-corrected chi connectivity index (χ1v) is 4.44. The highest BCUT2D eigenvalue weighted by molar-refractivity contribution is 5.79. The Morgan fingerprint density at radius 1 is 1.85 bits per heavy atom. The number of hydrogen-bond donors (Lipinski definition) is 2. The molecule has 0 radical (unpaired) electrons. The molecule has 2 atom stereocenters. The van der Waals surface area contributed by atoms with Gasteiger partial charge in [-0.2, -0.15) is 0 Å². The van der Waals surface area contributed by atoms with Crippen LogP contribution in [0.5, 0.6) is 0 Å². The second kappa shape index (κ2) is 5.16. The molecule has 76 valence electrons. The van der Waals surface area contributed by atoms with Crippen molar-refractivity contribution < 1.29 is 14.3 Å². The van der Waals surface area contributed by atoms with E-state index in [1.54, 1.807) is 6.92 Å². The van der Waals surface area contributed by atoms with E-state index in [9.17, 15) is 4.79 Å². The van der Waals surface area contributed by atoms with Crippen molar-refractivity contribution in [1.82, 2.24) is 5.43 Å². The molecule has 3 N–H and O–H groups in total. The topological polar surface area (TPSA) is 73.6 Å². The first-order valence-electron chi connectivity index (χ1n) is 4.44. The van der Waals surface area contributed by atoms with Gasteiger partial charge in [0.25, 0.3) is 5.91 Å². The van der Waals surface area contributed by atoms with Crippen LogP contribution >= 0.6 is 0 Å². The smallest absolute Gasteiger partial charge is 0.262 e. The van der Waals surface area contributed by atoms with Crippen LogP contribution in [0.1, 0.15) is 13.3 Å². The fourth-order valence-electron chi connectivity index (χ4n) is 1.19. The standard InChI is InChI=1S/C8H16N2O3/c1-6(8(11)10-9)13-5-7-2-3-12-4-7/h6-7H,2-5,9H2,1H3,(H,10,11). The summed E-state index contributed by atoms with van der Waals surface area (Å²) in [5, 5.41) is 0. The number of ether oxygens (including phenoxy) is 2. The van der Waals surface area contributed by atoms with Gasteiger partial charge in [0.05, 0.1) is 13.2 Å². The highest BCUT2D eigenvalue weighted by Gasteiger charge is 2.19. The molecule has 5 nitrogen and oxygen atoms in total. The molecule has 1 saturated heterocycles. The molecule has 1 aliphatic rings. The quantitative estimate of drug-likeness (QED) is 0.351.